The van der Waals surface area contributed by atoms with E-state index >= 15 is 0 Å². The molecule has 0 atom stereocenters. The Morgan fingerprint density at radius 2 is 1.81 bits per heavy atom. The summed E-state index contributed by atoms with van der Waals surface area (Å²) in [5, 5.41) is 4.68. The number of aromatic nitrogens is 4. The van der Waals surface area contributed by atoms with Crippen LogP contribution in [0.1, 0.15) is 20.8 Å². The normalized spacial score (nSPS) is 12.3. The largest absolute Gasteiger partial charge is 0.442 e. The van der Waals surface area contributed by atoms with Gasteiger partial charge in [-0.3, -0.25) is 0 Å². The minimum Gasteiger partial charge on any atom is -0.442 e. The maximum absolute atomic E-state index is 13.3. The molecule has 4 aromatic rings. The Balaban J connectivity index is 1.86. The average molecular weight is 503 g/mol. The van der Waals surface area contributed by atoms with Crippen LogP contribution >= 0.6 is 15.9 Å². The molecule has 0 saturated carbocycles. The van der Waals surface area contributed by atoms with Crippen molar-refractivity contribution in [1.29, 1.82) is 0 Å². The molecule has 31 heavy (non-hydrogen) atoms. The van der Waals surface area contributed by atoms with Crippen LogP contribution in [0.15, 0.2) is 70.6 Å². The fourth-order valence-electron chi connectivity index (χ4n) is 3.04. The predicted octanol–water partition coefficient (Wildman–Crippen LogP) is 4.68. The molecule has 0 unspecified atom stereocenters. The van der Waals surface area contributed by atoms with E-state index in [0.29, 0.717) is 21.0 Å². The molecule has 0 aliphatic carbocycles. The first-order valence-electron chi connectivity index (χ1n) is 9.32. The fraction of sp³-hybridized carbons (Fsp3) is 0.190. The molecule has 0 saturated heterocycles. The van der Waals surface area contributed by atoms with Crippen molar-refractivity contribution in [2.75, 3.05) is 0 Å². The molecule has 8 nitrogen and oxygen atoms in total. The number of carbonyl (C=O) groups excluding carboxylic acids is 1. The van der Waals surface area contributed by atoms with Gasteiger partial charge in [0.2, 0.25) is 0 Å². The van der Waals surface area contributed by atoms with Crippen molar-refractivity contribution in [3.05, 3.63) is 65.7 Å². The molecule has 4 rings (SSSR count). The Hall–Kier alpha value is -2.98. The number of hydrogen-bond acceptors (Lipinski definition) is 6. The third kappa shape index (κ3) is 4.13. The molecule has 3 aromatic heterocycles. The van der Waals surface area contributed by atoms with Gasteiger partial charge < -0.3 is 4.74 Å². The van der Waals surface area contributed by atoms with Gasteiger partial charge in [-0.05, 0) is 54.9 Å². The average Bonchev–Trinajstić information content (AvgIpc) is 3.32. The highest BCUT2D eigenvalue weighted by molar-refractivity contribution is 9.10. The quantitative estimate of drug-likeness (QED) is 0.403. The number of halogens is 1. The number of benzene rings is 1. The summed E-state index contributed by atoms with van der Waals surface area (Å²) in [5.74, 6) is 0. The monoisotopic (exact) mass is 502 g/mol. The highest BCUT2D eigenvalue weighted by Crippen LogP contribution is 2.33. The lowest BCUT2D eigenvalue weighted by molar-refractivity contribution is 0.0514. The lowest BCUT2D eigenvalue weighted by Gasteiger charge is -2.18. The van der Waals surface area contributed by atoms with Crippen molar-refractivity contribution in [3.63, 3.8) is 0 Å². The van der Waals surface area contributed by atoms with Crippen LogP contribution in [-0.2, 0) is 14.8 Å². The van der Waals surface area contributed by atoms with Crippen molar-refractivity contribution < 1.29 is 17.9 Å². The smallest absolute Gasteiger partial charge is 0.435 e. The molecule has 0 aliphatic rings. The molecular formula is C21H19BrN4O4S. The van der Waals surface area contributed by atoms with Crippen LogP contribution in [0.5, 0.6) is 0 Å². The van der Waals surface area contributed by atoms with E-state index in [9.17, 15) is 13.2 Å². The molecule has 1 aromatic carbocycles. The van der Waals surface area contributed by atoms with Gasteiger partial charge in [-0.1, -0.05) is 18.2 Å². The second-order valence-corrected chi connectivity index (χ2v) is 10.6. The van der Waals surface area contributed by atoms with Crippen LogP contribution in [0.25, 0.3) is 22.2 Å². The van der Waals surface area contributed by atoms with Crippen molar-refractivity contribution in [2.24, 2.45) is 0 Å². The van der Waals surface area contributed by atoms with Crippen LogP contribution in [-0.4, -0.2) is 38.8 Å². The predicted molar refractivity (Wildman–Crippen MR) is 119 cm³/mol. The van der Waals surface area contributed by atoms with Crippen LogP contribution < -0.4 is 0 Å². The summed E-state index contributed by atoms with van der Waals surface area (Å²) in [5.41, 5.74) is 0.723. The van der Waals surface area contributed by atoms with Crippen LogP contribution in [0.4, 0.5) is 4.79 Å². The van der Waals surface area contributed by atoms with E-state index in [1.54, 1.807) is 45.0 Å². The molecular weight excluding hydrogens is 484 g/mol. The van der Waals surface area contributed by atoms with E-state index in [1.165, 1.54) is 36.9 Å². The first-order valence-corrected chi connectivity index (χ1v) is 11.6. The number of nitrogens with zero attached hydrogens (tertiary/aromatic N) is 4. The molecule has 0 amide bonds. The van der Waals surface area contributed by atoms with Gasteiger partial charge in [-0.2, -0.15) is 9.78 Å². The van der Waals surface area contributed by atoms with Gasteiger partial charge in [0, 0.05) is 39.6 Å². The van der Waals surface area contributed by atoms with Gasteiger partial charge in [0.1, 0.15) is 5.60 Å². The van der Waals surface area contributed by atoms with Crippen molar-refractivity contribution >= 4 is 43.1 Å². The summed E-state index contributed by atoms with van der Waals surface area (Å²) < 4.78 is 34.8. The Morgan fingerprint density at radius 3 is 2.48 bits per heavy atom. The number of ether oxygens (including phenoxy) is 1. The molecule has 0 N–H and O–H groups in total. The van der Waals surface area contributed by atoms with Gasteiger partial charge in [-0.25, -0.2) is 22.2 Å². The van der Waals surface area contributed by atoms with Gasteiger partial charge in [-0.15, -0.1) is 0 Å². The fourth-order valence-corrected chi connectivity index (χ4v) is 4.72. The maximum atomic E-state index is 13.3. The highest BCUT2D eigenvalue weighted by Gasteiger charge is 2.24. The lowest BCUT2D eigenvalue weighted by atomic mass is 10.1. The summed E-state index contributed by atoms with van der Waals surface area (Å²) >= 11 is 3.39. The topological polar surface area (TPSA) is 96.1 Å². The number of pyridine rings is 1. The Bertz CT molecular complexity index is 1390. The molecule has 0 bridgehead atoms. The van der Waals surface area contributed by atoms with Crippen LogP contribution in [0, 0.1) is 0 Å². The van der Waals surface area contributed by atoms with Gasteiger partial charge in [0.05, 0.1) is 11.1 Å². The maximum Gasteiger partial charge on any atom is 0.435 e. The summed E-state index contributed by atoms with van der Waals surface area (Å²) in [6, 6.07) is 9.90. The summed E-state index contributed by atoms with van der Waals surface area (Å²) in [7, 11) is -3.88. The summed E-state index contributed by atoms with van der Waals surface area (Å²) in [6.07, 6.45) is 5.39. The molecule has 0 spiro atoms. The number of carbonyl (C=O) groups is 1. The van der Waals surface area contributed by atoms with E-state index < -0.39 is 21.7 Å². The summed E-state index contributed by atoms with van der Waals surface area (Å²) in [6.45, 7) is 5.29. The SMILES string of the molecule is CC(C)(C)OC(=O)n1cc(-c2cn(S(=O)(=O)c3ccccc3)c3ncc(Br)cc23)cn1. The van der Waals surface area contributed by atoms with Gasteiger partial charge in [0.15, 0.2) is 5.65 Å². The minimum absolute atomic E-state index is 0.146. The van der Waals surface area contributed by atoms with Crippen LogP contribution in [0.2, 0.25) is 0 Å². The van der Waals surface area contributed by atoms with E-state index in [4.69, 9.17) is 4.74 Å². The van der Waals surface area contributed by atoms with E-state index in [1.807, 2.05) is 0 Å². The molecule has 0 radical (unpaired) electrons. The number of fused-ring (bicyclic) bond motifs is 1. The van der Waals surface area contributed by atoms with E-state index in [2.05, 4.69) is 26.0 Å². The third-order valence-electron chi connectivity index (χ3n) is 4.35. The van der Waals surface area contributed by atoms with Crippen molar-refractivity contribution in [2.45, 2.75) is 31.3 Å². The Morgan fingerprint density at radius 1 is 1.10 bits per heavy atom. The Kier molecular flexibility index (Phi) is 5.22. The van der Waals surface area contributed by atoms with Gasteiger partial charge >= 0.3 is 6.09 Å². The van der Waals surface area contributed by atoms with Crippen molar-refractivity contribution in [1.82, 2.24) is 18.7 Å². The van der Waals surface area contributed by atoms with E-state index in [-0.39, 0.29) is 10.5 Å². The number of hydrogen-bond donors (Lipinski definition) is 0. The first-order chi connectivity index (χ1) is 14.6. The molecule has 3 heterocycles. The van der Waals surface area contributed by atoms with Gasteiger partial charge in [0.25, 0.3) is 10.0 Å². The number of rotatable bonds is 3. The molecule has 0 aliphatic heterocycles. The third-order valence-corrected chi connectivity index (χ3v) is 6.45. The second kappa shape index (κ2) is 7.61. The molecule has 10 heteroatoms. The second-order valence-electron chi connectivity index (χ2n) is 7.84. The highest BCUT2D eigenvalue weighted by atomic mass is 79.9. The standard InChI is InChI=1S/C21H19BrN4O4S/c1-21(2,3)30-20(27)25-12-14(10-24-25)18-13-26(19-17(18)9-15(22)11-23-19)31(28,29)16-7-5-4-6-8-16/h4-13H,1-3H3. The minimum atomic E-state index is -3.88. The molecule has 160 valence electrons. The van der Waals surface area contributed by atoms with Crippen molar-refractivity contribution in [3.8, 4) is 11.1 Å². The Labute approximate surface area is 187 Å². The zero-order chi connectivity index (χ0) is 22.4. The molecule has 0 fully saturated rings. The van der Waals surface area contributed by atoms with Crippen LogP contribution in [0.3, 0.4) is 0 Å². The van der Waals surface area contributed by atoms with E-state index in [0.717, 1.165) is 8.65 Å². The zero-order valence-electron chi connectivity index (χ0n) is 17.0. The zero-order valence-corrected chi connectivity index (χ0v) is 19.4. The first kappa shape index (κ1) is 21.3. The lowest BCUT2D eigenvalue weighted by Crippen LogP contribution is -2.27. The summed E-state index contributed by atoms with van der Waals surface area (Å²) in [4.78, 5) is 16.8.